The van der Waals surface area contributed by atoms with Gasteiger partial charge in [-0.3, -0.25) is 9.36 Å². The molecule has 0 aliphatic carbocycles. The molecule has 0 radical (unpaired) electrons. The minimum Gasteiger partial charge on any atom is -0.376 e. The summed E-state index contributed by atoms with van der Waals surface area (Å²) in [5.74, 6) is 0.745. The zero-order valence-corrected chi connectivity index (χ0v) is 16.5. The van der Waals surface area contributed by atoms with Gasteiger partial charge in [0.1, 0.15) is 0 Å². The second-order valence-electron chi connectivity index (χ2n) is 6.89. The molecule has 1 aliphatic heterocycles. The Morgan fingerprint density at radius 2 is 2.15 bits per heavy atom. The molecule has 1 unspecified atom stereocenters. The first-order valence-corrected chi connectivity index (χ1v) is 9.87. The van der Waals surface area contributed by atoms with Gasteiger partial charge in [0.25, 0.3) is 0 Å². The van der Waals surface area contributed by atoms with Crippen LogP contribution in [0.4, 0.5) is 0 Å². The molecule has 1 aliphatic rings. The third kappa shape index (κ3) is 3.78. The van der Waals surface area contributed by atoms with E-state index in [2.05, 4.69) is 23.2 Å². The molecule has 1 N–H and O–H groups in total. The first kappa shape index (κ1) is 18.9. The van der Waals surface area contributed by atoms with Gasteiger partial charge >= 0.3 is 5.69 Å². The Morgan fingerprint density at radius 1 is 1.38 bits per heavy atom. The molecule has 7 heteroatoms. The summed E-state index contributed by atoms with van der Waals surface area (Å²) in [6.07, 6.45) is 2.09. The number of hydrogen-bond acceptors (Lipinski definition) is 5. The van der Waals surface area contributed by atoms with Crippen molar-refractivity contribution in [2.24, 2.45) is 0 Å². The van der Waals surface area contributed by atoms with E-state index in [1.165, 1.54) is 11.8 Å². The van der Waals surface area contributed by atoms with E-state index in [0.29, 0.717) is 17.5 Å². The lowest BCUT2D eigenvalue weighted by Gasteiger charge is -2.16. The number of nitrogens with one attached hydrogen (secondary N) is 1. The van der Waals surface area contributed by atoms with E-state index in [-0.39, 0.29) is 17.6 Å². The van der Waals surface area contributed by atoms with E-state index in [1.807, 2.05) is 13.8 Å². The summed E-state index contributed by atoms with van der Waals surface area (Å²) >= 11 is 1.51. The number of rotatable bonds is 6. The number of aromatic nitrogens is 3. The van der Waals surface area contributed by atoms with Crippen molar-refractivity contribution in [3.05, 3.63) is 44.4 Å². The molecule has 1 fully saturated rings. The number of hydrogen-bond donors (Lipinski definition) is 1. The van der Waals surface area contributed by atoms with Crippen molar-refractivity contribution in [3.63, 3.8) is 0 Å². The number of nitrogens with zero attached hydrogens (tertiary/aromatic N) is 2. The van der Waals surface area contributed by atoms with Crippen LogP contribution >= 0.6 is 11.8 Å². The molecule has 1 aromatic carbocycles. The van der Waals surface area contributed by atoms with Gasteiger partial charge in [0.05, 0.1) is 12.6 Å². The van der Waals surface area contributed by atoms with Crippen LogP contribution in [0.15, 0.2) is 16.0 Å². The lowest BCUT2D eigenvalue weighted by atomic mass is 9.92. The molecule has 0 amide bonds. The van der Waals surface area contributed by atoms with E-state index in [9.17, 15) is 9.59 Å². The molecule has 0 bridgehead atoms. The predicted octanol–water partition coefficient (Wildman–Crippen LogP) is 3.17. The van der Waals surface area contributed by atoms with E-state index >= 15 is 0 Å². The second kappa shape index (κ2) is 7.80. The molecule has 1 saturated heterocycles. The topological polar surface area (TPSA) is 77.0 Å². The molecule has 0 spiro atoms. The molecule has 2 heterocycles. The van der Waals surface area contributed by atoms with Crippen LogP contribution in [0.25, 0.3) is 0 Å². The van der Waals surface area contributed by atoms with Gasteiger partial charge in [-0.05, 0) is 62.8 Å². The number of aryl methyl sites for hydroxylation is 2. The summed E-state index contributed by atoms with van der Waals surface area (Å²) in [5.41, 5.74) is 4.91. The maximum atomic E-state index is 12.1. The average molecular weight is 375 g/mol. The summed E-state index contributed by atoms with van der Waals surface area (Å²) in [6, 6.07) is 2.06. The predicted molar refractivity (Wildman–Crippen MR) is 102 cm³/mol. The monoisotopic (exact) mass is 375 g/mol. The summed E-state index contributed by atoms with van der Waals surface area (Å²) in [4.78, 5) is 24.1. The van der Waals surface area contributed by atoms with Gasteiger partial charge in [0, 0.05) is 17.9 Å². The van der Waals surface area contributed by atoms with E-state index in [1.54, 1.807) is 11.5 Å². The highest BCUT2D eigenvalue weighted by Gasteiger charge is 2.20. The maximum absolute atomic E-state index is 12.1. The quantitative estimate of drug-likeness (QED) is 0.620. The standard InChI is InChI=1S/C19H25N3O3S/c1-11-8-12(2)17(14(4)23)13(3)16(11)10-26-19-21-20-18(24)22(19)9-15-6-5-7-25-15/h8,15H,5-7,9-10H2,1-4H3,(H,20,24). The number of ketones is 1. The zero-order chi connectivity index (χ0) is 18.8. The average Bonchev–Trinajstić information content (AvgIpc) is 3.18. The van der Waals surface area contributed by atoms with Crippen LogP contribution in [-0.4, -0.2) is 33.3 Å². The number of carbonyl (C=O) groups excluding carboxylic acids is 1. The zero-order valence-electron chi connectivity index (χ0n) is 15.7. The minimum atomic E-state index is -0.204. The number of H-pyrrole nitrogens is 1. The fourth-order valence-corrected chi connectivity index (χ4v) is 4.83. The van der Waals surface area contributed by atoms with Gasteiger partial charge in [-0.1, -0.05) is 17.8 Å². The number of Topliss-reactive ketones (excluding diaryl/α,β-unsaturated/α-hetero) is 1. The lowest BCUT2D eigenvalue weighted by Crippen LogP contribution is -2.25. The van der Waals surface area contributed by atoms with Crippen LogP contribution in [0.2, 0.25) is 0 Å². The Hall–Kier alpha value is -1.86. The third-order valence-corrected chi connectivity index (χ3v) is 5.97. The largest absolute Gasteiger partial charge is 0.376 e. The molecule has 2 aromatic rings. The van der Waals surface area contributed by atoms with Gasteiger partial charge in [-0.25, -0.2) is 9.89 Å². The van der Waals surface area contributed by atoms with E-state index in [4.69, 9.17) is 4.74 Å². The van der Waals surface area contributed by atoms with E-state index < -0.39 is 0 Å². The normalized spacial score (nSPS) is 17.0. The van der Waals surface area contributed by atoms with Crippen molar-refractivity contribution in [2.45, 2.75) is 64.1 Å². The van der Waals surface area contributed by atoms with Gasteiger partial charge in [-0.2, -0.15) is 0 Å². The number of aromatic amines is 1. The van der Waals surface area contributed by atoms with Crippen LogP contribution in [0.5, 0.6) is 0 Å². The Bertz CT molecular complexity index is 879. The number of benzene rings is 1. The molecule has 1 aromatic heterocycles. The smallest absolute Gasteiger partial charge is 0.344 e. The molecular weight excluding hydrogens is 350 g/mol. The first-order chi connectivity index (χ1) is 12.4. The Kier molecular flexibility index (Phi) is 5.67. The molecule has 1 atom stereocenters. The SMILES string of the molecule is CC(=O)c1c(C)cc(C)c(CSc2n[nH]c(=O)n2CC2CCCO2)c1C. The fraction of sp³-hybridized carbons (Fsp3) is 0.526. The van der Waals surface area contributed by atoms with Gasteiger partial charge in [0.15, 0.2) is 10.9 Å². The van der Waals surface area contributed by atoms with Crippen molar-refractivity contribution < 1.29 is 9.53 Å². The molecule has 140 valence electrons. The van der Waals surface area contributed by atoms with Crippen LogP contribution in [-0.2, 0) is 17.0 Å². The van der Waals surface area contributed by atoms with Gasteiger partial charge < -0.3 is 4.74 Å². The first-order valence-electron chi connectivity index (χ1n) is 8.88. The number of ether oxygens (including phenoxy) is 1. The Labute approximate surface area is 157 Å². The van der Waals surface area contributed by atoms with Crippen LogP contribution < -0.4 is 5.69 Å². The fourth-order valence-electron chi connectivity index (χ4n) is 3.69. The van der Waals surface area contributed by atoms with Crippen molar-refractivity contribution >= 4 is 17.5 Å². The highest BCUT2D eigenvalue weighted by molar-refractivity contribution is 7.98. The summed E-state index contributed by atoms with van der Waals surface area (Å²) < 4.78 is 7.30. The highest BCUT2D eigenvalue weighted by Crippen LogP contribution is 2.29. The number of carbonyl (C=O) groups is 1. The van der Waals surface area contributed by atoms with Crippen LogP contribution in [0.1, 0.15) is 52.4 Å². The van der Waals surface area contributed by atoms with E-state index in [0.717, 1.165) is 47.3 Å². The van der Waals surface area contributed by atoms with Crippen LogP contribution in [0.3, 0.4) is 0 Å². The van der Waals surface area contributed by atoms with Crippen molar-refractivity contribution in [3.8, 4) is 0 Å². The third-order valence-electron chi connectivity index (χ3n) is 4.96. The Morgan fingerprint density at radius 3 is 2.81 bits per heavy atom. The summed E-state index contributed by atoms with van der Waals surface area (Å²) in [7, 11) is 0. The summed E-state index contributed by atoms with van der Waals surface area (Å²) in [6.45, 7) is 8.92. The van der Waals surface area contributed by atoms with Gasteiger partial charge in [-0.15, -0.1) is 5.10 Å². The second-order valence-corrected chi connectivity index (χ2v) is 7.83. The molecule has 0 saturated carbocycles. The molecule has 26 heavy (non-hydrogen) atoms. The molecular formula is C19H25N3O3S. The van der Waals surface area contributed by atoms with Crippen molar-refractivity contribution in [1.82, 2.24) is 14.8 Å². The van der Waals surface area contributed by atoms with Crippen molar-refractivity contribution in [1.29, 1.82) is 0 Å². The minimum absolute atomic E-state index is 0.0804. The summed E-state index contributed by atoms with van der Waals surface area (Å²) in [5, 5.41) is 7.38. The highest BCUT2D eigenvalue weighted by atomic mass is 32.2. The molecule has 3 rings (SSSR count). The lowest BCUT2D eigenvalue weighted by molar-refractivity contribution is 0.0941. The number of thioether (sulfide) groups is 1. The molecule has 6 nitrogen and oxygen atoms in total. The van der Waals surface area contributed by atoms with Crippen molar-refractivity contribution in [2.75, 3.05) is 6.61 Å². The van der Waals surface area contributed by atoms with Crippen LogP contribution in [0, 0.1) is 20.8 Å². The van der Waals surface area contributed by atoms with Gasteiger partial charge in [0.2, 0.25) is 0 Å². The Balaban J connectivity index is 1.83. The maximum Gasteiger partial charge on any atom is 0.344 e.